The summed E-state index contributed by atoms with van der Waals surface area (Å²) in [5.41, 5.74) is 1.78. The Balaban J connectivity index is 2.10. The number of aryl methyl sites for hydroxylation is 1. The predicted octanol–water partition coefficient (Wildman–Crippen LogP) is 3.67. The van der Waals surface area contributed by atoms with Crippen LogP contribution in [-0.4, -0.2) is 29.4 Å². The van der Waals surface area contributed by atoms with E-state index in [-0.39, 0.29) is 18.0 Å². The van der Waals surface area contributed by atoms with Crippen molar-refractivity contribution in [3.8, 4) is 0 Å². The Labute approximate surface area is 151 Å². The normalized spacial score (nSPS) is 10.2. The summed E-state index contributed by atoms with van der Waals surface area (Å²) < 4.78 is 4.90. The van der Waals surface area contributed by atoms with Crippen LogP contribution in [0.5, 0.6) is 0 Å². The van der Waals surface area contributed by atoms with Crippen LogP contribution in [0.2, 0.25) is 0 Å². The van der Waals surface area contributed by atoms with E-state index in [1.807, 2.05) is 6.07 Å². The Morgan fingerprint density at radius 2 is 1.73 bits per heavy atom. The molecular weight excluding hydrogens is 332 g/mol. The van der Waals surface area contributed by atoms with Crippen LogP contribution in [0.25, 0.3) is 0 Å². The van der Waals surface area contributed by atoms with E-state index in [0.29, 0.717) is 36.0 Å². The topological polar surface area (TPSA) is 80.7 Å². The zero-order chi connectivity index (χ0) is 18.9. The van der Waals surface area contributed by atoms with Gasteiger partial charge in [-0.05, 0) is 37.0 Å². The third-order valence-corrected chi connectivity index (χ3v) is 3.89. The first kappa shape index (κ1) is 19.1. The molecule has 0 aliphatic heterocycles. The SMILES string of the molecule is C=CC(=O)OCCCCc1cc(C(=O)c2ccccc2)ccc1C(=O)O. The Bertz CT molecular complexity index is 808. The number of benzene rings is 2. The second kappa shape index (κ2) is 9.32. The van der Waals surface area contributed by atoms with Crippen LogP contribution in [0.4, 0.5) is 0 Å². The molecule has 0 saturated heterocycles. The lowest BCUT2D eigenvalue weighted by atomic mass is 9.95. The number of aromatic carboxylic acids is 1. The van der Waals surface area contributed by atoms with Gasteiger partial charge in [-0.1, -0.05) is 43.0 Å². The molecule has 1 N–H and O–H groups in total. The molecule has 0 spiro atoms. The summed E-state index contributed by atoms with van der Waals surface area (Å²) in [5.74, 6) is -1.66. The number of carboxylic acid groups (broad SMARTS) is 1. The number of carbonyl (C=O) groups is 3. The molecule has 5 heteroatoms. The molecule has 0 saturated carbocycles. The van der Waals surface area contributed by atoms with Gasteiger partial charge in [-0.3, -0.25) is 4.79 Å². The average Bonchev–Trinajstić information content (AvgIpc) is 2.67. The highest BCUT2D eigenvalue weighted by molar-refractivity contribution is 6.09. The summed E-state index contributed by atoms with van der Waals surface area (Å²) >= 11 is 0. The van der Waals surface area contributed by atoms with Crippen molar-refractivity contribution in [3.63, 3.8) is 0 Å². The first-order valence-corrected chi connectivity index (χ1v) is 8.28. The zero-order valence-electron chi connectivity index (χ0n) is 14.3. The van der Waals surface area contributed by atoms with Crippen LogP contribution in [0, 0.1) is 0 Å². The quantitative estimate of drug-likeness (QED) is 0.322. The standard InChI is InChI=1S/C21H20O5/c1-2-19(22)26-13-7-6-10-16-14-17(11-12-18(16)21(24)25)20(23)15-8-4-3-5-9-15/h2-5,8-9,11-12,14H,1,6-7,10,13H2,(H,24,25). The van der Waals surface area contributed by atoms with Crippen molar-refractivity contribution >= 4 is 17.7 Å². The van der Waals surface area contributed by atoms with Crippen molar-refractivity contribution in [1.82, 2.24) is 0 Å². The van der Waals surface area contributed by atoms with E-state index in [0.717, 1.165) is 6.08 Å². The Morgan fingerprint density at radius 1 is 1.00 bits per heavy atom. The van der Waals surface area contributed by atoms with E-state index in [9.17, 15) is 19.5 Å². The molecule has 0 unspecified atom stereocenters. The molecule has 0 aromatic heterocycles. The summed E-state index contributed by atoms with van der Waals surface area (Å²) in [6.07, 6.45) is 2.80. The fraction of sp³-hybridized carbons (Fsp3) is 0.190. The molecule has 0 radical (unpaired) electrons. The lowest BCUT2D eigenvalue weighted by Gasteiger charge is -2.09. The fourth-order valence-electron chi connectivity index (χ4n) is 2.56. The third-order valence-electron chi connectivity index (χ3n) is 3.89. The van der Waals surface area contributed by atoms with Crippen LogP contribution >= 0.6 is 0 Å². The van der Waals surface area contributed by atoms with E-state index >= 15 is 0 Å². The van der Waals surface area contributed by atoms with Crippen LogP contribution in [0.15, 0.2) is 61.2 Å². The summed E-state index contributed by atoms with van der Waals surface area (Å²) in [4.78, 5) is 35.0. The van der Waals surface area contributed by atoms with Gasteiger partial charge in [-0.15, -0.1) is 0 Å². The number of hydrogen-bond acceptors (Lipinski definition) is 4. The van der Waals surface area contributed by atoms with Gasteiger partial charge < -0.3 is 9.84 Å². The van der Waals surface area contributed by atoms with E-state index in [1.165, 1.54) is 12.1 Å². The second-order valence-corrected chi connectivity index (χ2v) is 5.70. The van der Waals surface area contributed by atoms with Gasteiger partial charge in [0.1, 0.15) is 0 Å². The van der Waals surface area contributed by atoms with Gasteiger partial charge in [0.15, 0.2) is 5.78 Å². The molecule has 0 aliphatic rings. The van der Waals surface area contributed by atoms with Crippen molar-refractivity contribution in [2.45, 2.75) is 19.3 Å². The predicted molar refractivity (Wildman–Crippen MR) is 97.4 cm³/mol. The van der Waals surface area contributed by atoms with E-state index in [2.05, 4.69) is 6.58 Å². The van der Waals surface area contributed by atoms with Crippen molar-refractivity contribution < 1.29 is 24.2 Å². The fourth-order valence-corrected chi connectivity index (χ4v) is 2.56. The number of carbonyl (C=O) groups excluding carboxylic acids is 2. The van der Waals surface area contributed by atoms with Crippen molar-refractivity contribution in [2.24, 2.45) is 0 Å². The van der Waals surface area contributed by atoms with Crippen molar-refractivity contribution in [2.75, 3.05) is 6.61 Å². The maximum atomic E-state index is 12.5. The monoisotopic (exact) mass is 352 g/mol. The van der Waals surface area contributed by atoms with E-state index in [4.69, 9.17) is 4.74 Å². The van der Waals surface area contributed by atoms with Gasteiger partial charge in [-0.25, -0.2) is 9.59 Å². The molecule has 0 fully saturated rings. The molecular formula is C21H20O5. The minimum atomic E-state index is -1.03. The summed E-state index contributed by atoms with van der Waals surface area (Å²) in [6, 6.07) is 13.5. The number of rotatable bonds is 9. The smallest absolute Gasteiger partial charge is 0.335 e. The third kappa shape index (κ3) is 5.14. The van der Waals surface area contributed by atoms with Gasteiger partial charge >= 0.3 is 11.9 Å². The van der Waals surface area contributed by atoms with Gasteiger partial charge in [0, 0.05) is 17.2 Å². The highest BCUT2D eigenvalue weighted by Gasteiger charge is 2.15. The number of carboxylic acids is 1. The minimum absolute atomic E-state index is 0.149. The molecule has 5 nitrogen and oxygen atoms in total. The Kier molecular flexibility index (Phi) is 6.85. The zero-order valence-corrected chi connectivity index (χ0v) is 14.3. The number of esters is 1. The average molecular weight is 352 g/mol. The lowest BCUT2D eigenvalue weighted by molar-refractivity contribution is -0.137. The van der Waals surface area contributed by atoms with Crippen molar-refractivity contribution in [1.29, 1.82) is 0 Å². The maximum absolute atomic E-state index is 12.5. The molecule has 2 aromatic carbocycles. The Morgan fingerprint density at radius 3 is 2.38 bits per heavy atom. The molecule has 0 heterocycles. The number of hydrogen-bond donors (Lipinski definition) is 1. The maximum Gasteiger partial charge on any atom is 0.335 e. The molecule has 0 aliphatic carbocycles. The summed E-state index contributed by atoms with van der Waals surface area (Å²) in [6.45, 7) is 3.56. The van der Waals surface area contributed by atoms with Crippen LogP contribution in [0.3, 0.4) is 0 Å². The first-order chi connectivity index (χ1) is 12.5. The minimum Gasteiger partial charge on any atom is -0.478 e. The molecule has 0 amide bonds. The molecule has 134 valence electrons. The van der Waals surface area contributed by atoms with Gasteiger partial charge in [0.05, 0.1) is 12.2 Å². The summed E-state index contributed by atoms with van der Waals surface area (Å²) in [7, 11) is 0. The molecule has 2 rings (SSSR count). The molecule has 0 bridgehead atoms. The van der Waals surface area contributed by atoms with Crippen LogP contribution in [-0.2, 0) is 16.0 Å². The van der Waals surface area contributed by atoms with E-state index in [1.54, 1.807) is 30.3 Å². The molecule has 0 atom stereocenters. The van der Waals surface area contributed by atoms with Crippen LogP contribution < -0.4 is 0 Å². The molecule has 26 heavy (non-hydrogen) atoms. The summed E-state index contributed by atoms with van der Waals surface area (Å²) in [5, 5.41) is 9.35. The van der Waals surface area contributed by atoms with Gasteiger partial charge in [0.25, 0.3) is 0 Å². The van der Waals surface area contributed by atoms with Gasteiger partial charge in [-0.2, -0.15) is 0 Å². The lowest BCUT2D eigenvalue weighted by Crippen LogP contribution is -2.08. The molecule has 2 aromatic rings. The highest BCUT2D eigenvalue weighted by Crippen LogP contribution is 2.18. The second-order valence-electron chi connectivity index (χ2n) is 5.70. The highest BCUT2D eigenvalue weighted by atomic mass is 16.5. The number of ether oxygens (including phenoxy) is 1. The first-order valence-electron chi connectivity index (χ1n) is 8.28. The number of ketones is 1. The van der Waals surface area contributed by atoms with Crippen LogP contribution in [0.1, 0.15) is 44.7 Å². The Hall–Kier alpha value is -3.21. The largest absolute Gasteiger partial charge is 0.478 e. The van der Waals surface area contributed by atoms with E-state index < -0.39 is 11.9 Å². The van der Waals surface area contributed by atoms with Crippen molar-refractivity contribution in [3.05, 3.63) is 83.4 Å². The number of unbranched alkanes of at least 4 members (excludes halogenated alkanes) is 1. The van der Waals surface area contributed by atoms with Gasteiger partial charge in [0.2, 0.25) is 0 Å².